The van der Waals surface area contributed by atoms with Crippen LogP contribution in [0.1, 0.15) is 27.0 Å². The van der Waals surface area contributed by atoms with Crippen LogP contribution >= 0.6 is 0 Å². The van der Waals surface area contributed by atoms with E-state index < -0.39 is 11.8 Å². The molecule has 0 radical (unpaired) electrons. The monoisotopic (exact) mass is 285 g/mol. The molecule has 0 aromatic heterocycles. The van der Waals surface area contributed by atoms with Crippen molar-refractivity contribution in [2.75, 3.05) is 0 Å². The van der Waals surface area contributed by atoms with Crippen LogP contribution < -0.4 is 4.74 Å². The number of carboxylic acids is 1. The summed E-state index contributed by atoms with van der Waals surface area (Å²) in [6.45, 7) is 1.92. The van der Waals surface area contributed by atoms with Crippen LogP contribution in [0, 0.1) is 24.1 Å². The number of benzene rings is 2. The quantitative estimate of drug-likeness (QED) is 0.935. The zero-order valence-corrected chi connectivity index (χ0v) is 11.3. The molecule has 0 saturated heterocycles. The number of nitriles is 1. The normalized spacial score (nSPS) is 9.95. The van der Waals surface area contributed by atoms with Crippen LogP contribution in [0.5, 0.6) is 5.75 Å². The van der Waals surface area contributed by atoms with E-state index in [0.717, 1.165) is 23.3 Å². The molecule has 0 amide bonds. The maximum absolute atomic E-state index is 13.2. The lowest BCUT2D eigenvalue weighted by Crippen LogP contribution is -2.05. The van der Waals surface area contributed by atoms with Crippen molar-refractivity contribution < 1.29 is 19.0 Å². The van der Waals surface area contributed by atoms with Crippen LogP contribution in [0.15, 0.2) is 36.4 Å². The highest BCUT2D eigenvalue weighted by Crippen LogP contribution is 2.22. The van der Waals surface area contributed by atoms with Gasteiger partial charge in [-0.1, -0.05) is 6.07 Å². The Labute approximate surface area is 121 Å². The molecule has 2 aromatic carbocycles. The molecule has 0 aliphatic carbocycles. The summed E-state index contributed by atoms with van der Waals surface area (Å²) in [5.74, 6) is -1.76. The second-order valence-corrected chi connectivity index (χ2v) is 4.49. The Morgan fingerprint density at radius 3 is 2.71 bits per heavy atom. The highest BCUT2D eigenvalue weighted by Gasteiger charge is 2.13. The molecule has 0 heterocycles. The third kappa shape index (κ3) is 3.37. The Hall–Kier alpha value is -2.87. The number of nitrogens with zero attached hydrogens (tertiary/aromatic N) is 1. The van der Waals surface area contributed by atoms with Gasteiger partial charge in [-0.15, -0.1) is 0 Å². The summed E-state index contributed by atoms with van der Waals surface area (Å²) < 4.78 is 18.6. The average molecular weight is 285 g/mol. The van der Waals surface area contributed by atoms with Crippen LogP contribution in [0.3, 0.4) is 0 Å². The Bertz CT molecular complexity index is 735. The van der Waals surface area contributed by atoms with Gasteiger partial charge in [0.15, 0.2) is 0 Å². The van der Waals surface area contributed by atoms with Gasteiger partial charge in [0.25, 0.3) is 0 Å². The largest absolute Gasteiger partial charge is 0.488 e. The van der Waals surface area contributed by atoms with E-state index in [1.165, 1.54) is 6.07 Å². The number of ether oxygens (including phenoxy) is 1. The molecule has 4 nitrogen and oxygen atoms in total. The molecule has 0 aliphatic rings. The SMILES string of the molecule is Cc1cc(C#N)ccc1COc1cc(F)ccc1C(=O)O. The van der Waals surface area contributed by atoms with Gasteiger partial charge in [0.2, 0.25) is 0 Å². The van der Waals surface area contributed by atoms with E-state index in [-0.39, 0.29) is 17.9 Å². The van der Waals surface area contributed by atoms with Gasteiger partial charge in [-0.3, -0.25) is 0 Å². The smallest absolute Gasteiger partial charge is 0.339 e. The van der Waals surface area contributed by atoms with E-state index in [2.05, 4.69) is 0 Å². The number of hydrogen-bond acceptors (Lipinski definition) is 3. The minimum Gasteiger partial charge on any atom is -0.488 e. The molecular formula is C16H12FNO3. The first kappa shape index (κ1) is 14.5. The van der Waals surface area contributed by atoms with Gasteiger partial charge in [-0.2, -0.15) is 5.26 Å². The fourth-order valence-electron chi connectivity index (χ4n) is 1.88. The van der Waals surface area contributed by atoms with Crippen molar-refractivity contribution in [1.29, 1.82) is 5.26 Å². The Balaban J connectivity index is 2.22. The summed E-state index contributed by atoms with van der Waals surface area (Å²) in [7, 11) is 0. The van der Waals surface area contributed by atoms with Crippen molar-refractivity contribution in [1.82, 2.24) is 0 Å². The molecule has 0 saturated carbocycles. The maximum Gasteiger partial charge on any atom is 0.339 e. The number of carboxylic acid groups (broad SMARTS) is 1. The van der Waals surface area contributed by atoms with Gasteiger partial charge in [-0.25, -0.2) is 9.18 Å². The van der Waals surface area contributed by atoms with Gasteiger partial charge in [-0.05, 0) is 42.3 Å². The molecule has 21 heavy (non-hydrogen) atoms. The molecule has 2 aromatic rings. The van der Waals surface area contributed by atoms with E-state index >= 15 is 0 Å². The van der Waals surface area contributed by atoms with Crippen molar-refractivity contribution in [3.8, 4) is 11.8 Å². The second kappa shape index (κ2) is 6.06. The number of carbonyl (C=O) groups is 1. The summed E-state index contributed by atoms with van der Waals surface area (Å²) in [5.41, 5.74) is 2.09. The van der Waals surface area contributed by atoms with E-state index in [1.54, 1.807) is 18.2 Å². The molecule has 0 aliphatic heterocycles. The number of halogens is 1. The summed E-state index contributed by atoms with van der Waals surface area (Å²) in [4.78, 5) is 11.1. The minimum absolute atomic E-state index is 0.0220. The number of aryl methyl sites for hydroxylation is 1. The second-order valence-electron chi connectivity index (χ2n) is 4.49. The molecule has 106 valence electrons. The molecule has 2 rings (SSSR count). The summed E-state index contributed by atoms with van der Waals surface area (Å²) in [5, 5.41) is 17.8. The predicted octanol–water partition coefficient (Wildman–Crippen LogP) is 3.28. The Morgan fingerprint density at radius 1 is 1.33 bits per heavy atom. The third-order valence-corrected chi connectivity index (χ3v) is 3.03. The number of hydrogen-bond donors (Lipinski definition) is 1. The first-order valence-electron chi connectivity index (χ1n) is 6.16. The Morgan fingerprint density at radius 2 is 2.10 bits per heavy atom. The Kier molecular flexibility index (Phi) is 4.19. The molecule has 5 heteroatoms. The highest BCUT2D eigenvalue weighted by atomic mass is 19.1. The third-order valence-electron chi connectivity index (χ3n) is 3.03. The highest BCUT2D eigenvalue weighted by molar-refractivity contribution is 5.90. The summed E-state index contributed by atoms with van der Waals surface area (Å²) in [6, 6.07) is 10.4. The van der Waals surface area contributed by atoms with Crippen LogP contribution in [0.2, 0.25) is 0 Å². The standard InChI is InChI=1S/C16H12FNO3/c1-10-6-11(8-18)2-3-12(10)9-21-15-7-13(17)4-5-14(15)16(19)20/h2-7H,9H2,1H3,(H,19,20). The van der Waals surface area contributed by atoms with E-state index in [9.17, 15) is 9.18 Å². The van der Waals surface area contributed by atoms with Gasteiger partial charge in [0, 0.05) is 6.07 Å². The van der Waals surface area contributed by atoms with Gasteiger partial charge in [0.1, 0.15) is 23.7 Å². The van der Waals surface area contributed by atoms with Crippen molar-refractivity contribution in [2.45, 2.75) is 13.5 Å². The van der Waals surface area contributed by atoms with Crippen LogP contribution in [-0.2, 0) is 6.61 Å². The van der Waals surface area contributed by atoms with Gasteiger partial charge in [0.05, 0.1) is 11.6 Å². The molecule has 0 spiro atoms. The zero-order chi connectivity index (χ0) is 15.4. The fraction of sp³-hybridized carbons (Fsp3) is 0.125. The van der Waals surface area contributed by atoms with Crippen LogP contribution in [0.4, 0.5) is 4.39 Å². The molecular weight excluding hydrogens is 273 g/mol. The first-order valence-corrected chi connectivity index (χ1v) is 6.16. The van der Waals surface area contributed by atoms with Crippen LogP contribution in [0.25, 0.3) is 0 Å². The predicted molar refractivity (Wildman–Crippen MR) is 73.6 cm³/mol. The lowest BCUT2D eigenvalue weighted by Gasteiger charge is -2.11. The van der Waals surface area contributed by atoms with E-state index in [4.69, 9.17) is 15.1 Å². The minimum atomic E-state index is -1.18. The topological polar surface area (TPSA) is 70.3 Å². The van der Waals surface area contributed by atoms with Gasteiger partial charge < -0.3 is 9.84 Å². The summed E-state index contributed by atoms with van der Waals surface area (Å²) >= 11 is 0. The molecule has 1 N–H and O–H groups in total. The van der Waals surface area contributed by atoms with Crippen molar-refractivity contribution >= 4 is 5.97 Å². The first-order chi connectivity index (χ1) is 10.0. The van der Waals surface area contributed by atoms with Crippen molar-refractivity contribution in [3.63, 3.8) is 0 Å². The van der Waals surface area contributed by atoms with E-state index in [0.29, 0.717) is 5.56 Å². The molecule has 0 fully saturated rings. The fourth-order valence-corrected chi connectivity index (χ4v) is 1.88. The van der Waals surface area contributed by atoms with E-state index in [1.807, 2.05) is 13.0 Å². The maximum atomic E-state index is 13.2. The van der Waals surface area contributed by atoms with Crippen molar-refractivity contribution in [2.24, 2.45) is 0 Å². The van der Waals surface area contributed by atoms with Crippen LogP contribution in [-0.4, -0.2) is 11.1 Å². The zero-order valence-electron chi connectivity index (χ0n) is 11.3. The molecule has 0 atom stereocenters. The molecule has 0 bridgehead atoms. The number of rotatable bonds is 4. The van der Waals surface area contributed by atoms with Gasteiger partial charge >= 0.3 is 5.97 Å². The average Bonchev–Trinajstić information content (AvgIpc) is 2.45. The lowest BCUT2D eigenvalue weighted by molar-refractivity contribution is 0.0691. The lowest BCUT2D eigenvalue weighted by atomic mass is 10.1. The molecule has 0 unspecified atom stereocenters. The number of aromatic carboxylic acids is 1. The summed E-state index contributed by atoms with van der Waals surface area (Å²) in [6.07, 6.45) is 0. The van der Waals surface area contributed by atoms with Crippen molar-refractivity contribution in [3.05, 3.63) is 64.5 Å².